The molecule has 0 unspecified atom stereocenters. The van der Waals surface area contributed by atoms with E-state index in [4.69, 9.17) is 0 Å². The summed E-state index contributed by atoms with van der Waals surface area (Å²) in [7, 11) is 0. The minimum absolute atomic E-state index is 1.12. The Balaban J connectivity index is 1.22. The Kier molecular flexibility index (Phi) is 7.71. The molecule has 0 radical (unpaired) electrons. The molecular weight excluding hydrogens is 532 g/mol. The molecule has 210 valence electrons. The molecule has 0 spiro atoms. The fourth-order valence-electron chi connectivity index (χ4n) is 5.77. The zero-order valence-electron chi connectivity index (χ0n) is 24.4. The van der Waals surface area contributed by atoms with E-state index in [1.165, 1.54) is 22.3 Å². The molecule has 7 aromatic carbocycles. The number of hydrogen-bond acceptors (Lipinski definition) is 2. The van der Waals surface area contributed by atoms with Crippen LogP contribution in [-0.4, -0.2) is 0 Å². The molecule has 0 aromatic heterocycles. The lowest BCUT2D eigenvalue weighted by Crippen LogP contribution is -2.09. The van der Waals surface area contributed by atoms with Crippen LogP contribution in [0.5, 0.6) is 0 Å². The van der Waals surface area contributed by atoms with Crippen LogP contribution in [-0.2, 0) is 0 Å². The Morgan fingerprint density at radius 2 is 0.432 bits per heavy atom. The second kappa shape index (κ2) is 12.6. The Morgan fingerprint density at radius 1 is 0.205 bits per heavy atom. The average Bonchev–Trinajstić information content (AvgIpc) is 3.11. The van der Waals surface area contributed by atoms with Crippen molar-refractivity contribution in [1.29, 1.82) is 0 Å². The highest BCUT2D eigenvalue weighted by molar-refractivity contribution is 5.86. The van der Waals surface area contributed by atoms with Gasteiger partial charge in [0.2, 0.25) is 0 Å². The minimum atomic E-state index is 1.12. The summed E-state index contributed by atoms with van der Waals surface area (Å²) in [5.41, 5.74) is 11.6. The zero-order chi connectivity index (χ0) is 29.6. The number of nitrogens with zero attached hydrogens (tertiary/aromatic N) is 2. The van der Waals surface area contributed by atoms with Crippen molar-refractivity contribution in [3.05, 3.63) is 194 Å². The second-order valence-corrected chi connectivity index (χ2v) is 10.7. The number of rotatable bonds is 8. The van der Waals surface area contributed by atoms with Crippen LogP contribution in [0.25, 0.3) is 22.3 Å². The Bertz CT molecular complexity index is 1690. The Morgan fingerprint density at radius 3 is 0.705 bits per heavy atom. The van der Waals surface area contributed by atoms with Gasteiger partial charge in [0.25, 0.3) is 0 Å². The monoisotopic (exact) mass is 564 g/mol. The zero-order valence-corrected chi connectivity index (χ0v) is 24.4. The first-order valence-electron chi connectivity index (χ1n) is 15.0. The normalized spacial score (nSPS) is 10.7. The fourth-order valence-corrected chi connectivity index (χ4v) is 5.77. The summed E-state index contributed by atoms with van der Waals surface area (Å²) in [6.45, 7) is 0. The summed E-state index contributed by atoms with van der Waals surface area (Å²) in [6, 6.07) is 68.5. The van der Waals surface area contributed by atoms with Crippen LogP contribution in [0, 0.1) is 0 Å². The maximum absolute atomic E-state index is 2.29. The molecule has 44 heavy (non-hydrogen) atoms. The lowest BCUT2D eigenvalue weighted by atomic mass is 9.94. The van der Waals surface area contributed by atoms with E-state index in [-0.39, 0.29) is 0 Å². The van der Waals surface area contributed by atoms with Crippen molar-refractivity contribution in [3.8, 4) is 22.3 Å². The number of para-hydroxylation sites is 4. The summed E-state index contributed by atoms with van der Waals surface area (Å²) >= 11 is 0. The smallest absolute Gasteiger partial charge is 0.0462 e. The van der Waals surface area contributed by atoms with Gasteiger partial charge in [0, 0.05) is 34.1 Å². The number of anilines is 6. The van der Waals surface area contributed by atoms with E-state index in [2.05, 4.69) is 204 Å². The van der Waals surface area contributed by atoms with E-state index in [1.54, 1.807) is 0 Å². The van der Waals surface area contributed by atoms with Crippen molar-refractivity contribution in [2.75, 3.05) is 9.80 Å². The second-order valence-electron chi connectivity index (χ2n) is 10.7. The molecule has 2 heteroatoms. The first-order chi connectivity index (χ1) is 21.8. The Labute approximate surface area is 259 Å². The molecule has 0 N–H and O–H groups in total. The lowest BCUT2D eigenvalue weighted by Gasteiger charge is -2.26. The quantitative estimate of drug-likeness (QED) is 0.181. The van der Waals surface area contributed by atoms with Crippen LogP contribution in [0.2, 0.25) is 0 Å². The van der Waals surface area contributed by atoms with Crippen molar-refractivity contribution in [3.63, 3.8) is 0 Å². The van der Waals surface area contributed by atoms with Gasteiger partial charge in [-0.15, -0.1) is 0 Å². The number of hydrogen-bond donors (Lipinski definition) is 0. The van der Waals surface area contributed by atoms with E-state index in [0.717, 1.165) is 34.1 Å². The van der Waals surface area contributed by atoms with E-state index in [9.17, 15) is 0 Å². The number of benzene rings is 7. The van der Waals surface area contributed by atoms with Crippen LogP contribution in [0.4, 0.5) is 34.1 Å². The molecule has 2 nitrogen and oxygen atoms in total. The predicted octanol–water partition coefficient (Wildman–Crippen LogP) is 12.0. The molecule has 7 aromatic rings. The maximum atomic E-state index is 2.29. The van der Waals surface area contributed by atoms with Crippen molar-refractivity contribution >= 4 is 34.1 Å². The van der Waals surface area contributed by atoms with Crippen molar-refractivity contribution in [2.45, 2.75) is 0 Å². The van der Waals surface area contributed by atoms with Gasteiger partial charge in [-0.25, -0.2) is 0 Å². The van der Waals surface area contributed by atoms with Gasteiger partial charge in [-0.1, -0.05) is 121 Å². The molecule has 0 aliphatic carbocycles. The highest BCUT2D eigenvalue weighted by Crippen LogP contribution is 2.39. The molecule has 0 heterocycles. The molecule has 0 saturated heterocycles. The molecule has 0 amide bonds. The molecule has 0 atom stereocenters. The Hall–Kier alpha value is -5.86. The molecule has 0 aliphatic rings. The highest BCUT2D eigenvalue weighted by atomic mass is 15.1. The average molecular weight is 565 g/mol. The standard InChI is InChI=1S/C42H32N2/c1-5-15-35(16-6-1)43(36-17-7-2-8-18-36)39-29-25-33(26-30-39)41-23-13-14-24-42(41)34-27-31-40(32-28-34)44(37-19-9-3-10-20-37)38-21-11-4-12-22-38/h1-32H. The minimum Gasteiger partial charge on any atom is -0.311 e. The van der Waals surface area contributed by atoms with Crippen molar-refractivity contribution < 1.29 is 0 Å². The topological polar surface area (TPSA) is 6.48 Å². The largest absolute Gasteiger partial charge is 0.311 e. The van der Waals surface area contributed by atoms with Crippen LogP contribution in [0.3, 0.4) is 0 Å². The van der Waals surface area contributed by atoms with E-state index < -0.39 is 0 Å². The van der Waals surface area contributed by atoms with Gasteiger partial charge in [-0.2, -0.15) is 0 Å². The third-order valence-electron chi connectivity index (χ3n) is 7.86. The molecule has 0 saturated carbocycles. The predicted molar refractivity (Wildman–Crippen MR) is 187 cm³/mol. The first-order valence-corrected chi connectivity index (χ1v) is 15.0. The van der Waals surface area contributed by atoms with Crippen LogP contribution in [0.1, 0.15) is 0 Å². The summed E-state index contributed by atoms with van der Waals surface area (Å²) in [6.07, 6.45) is 0. The molecule has 0 fully saturated rings. The third-order valence-corrected chi connectivity index (χ3v) is 7.86. The van der Waals surface area contributed by atoms with E-state index in [1.807, 2.05) is 0 Å². The van der Waals surface area contributed by atoms with E-state index >= 15 is 0 Å². The van der Waals surface area contributed by atoms with Gasteiger partial charge in [-0.05, 0) is 95.1 Å². The van der Waals surface area contributed by atoms with Gasteiger partial charge in [0.1, 0.15) is 0 Å². The third kappa shape index (κ3) is 5.62. The van der Waals surface area contributed by atoms with Crippen molar-refractivity contribution in [2.24, 2.45) is 0 Å². The summed E-state index contributed by atoms with van der Waals surface area (Å²) in [4.78, 5) is 4.58. The fraction of sp³-hybridized carbons (Fsp3) is 0. The maximum Gasteiger partial charge on any atom is 0.0462 e. The van der Waals surface area contributed by atoms with Crippen LogP contribution < -0.4 is 9.80 Å². The lowest BCUT2D eigenvalue weighted by molar-refractivity contribution is 1.28. The molecule has 0 aliphatic heterocycles. The van der Waals surface area contributed by atoms with Gasteiger partial charge in [0.05, 0.1) is 0 Å². The SMILES string of the molecule is c1ccc(N(c2ccccc2)c2ccc(-c3ccccc3-c3ccc(N(c4ccccc4)c4ccccc4)cc3)cc2)cc1. The van der Waals surface area contributed by atoms with Gasteiger partial charge in [0.15, 0.2) is 0 Å². The molecule has 0 bridgehead atoms. The van der Waals surface area contributed by atoms with Gasteiger partial charge < -0.3 is 9.80 Å². The van der Waals surface area contributed by atoms with Gasteiger partial charge >= 0.3 is 0 Å². The van der Waals surface area contributed by atoms with Crippen molar-refractivity contribution in [1.82, 2.24) is 0 Å². The van der Waals surface area contributed by atoms with Gasteiger partial charge in [-0.3, -0.25) is 0 Å². The summed E-state index contributed by atoms with van der Waals surface area (Å²) in [5.74, 6) is 0. The summed E-state index contributed by atoms with van der Waals surface area (Å²) < 4.78 is 0. The summed E-state index contributed by atoms with van der Waals surface area (Å²) in [5, 5.41) is 0. The van der Waals surface area contributed by atoms with Crippen LogP contribution >= 0.6 is 0 Å². The molecular formula is C42H32N2. The molecule has 7 rings (SSSR count). The first kappa shape index (κ1) is 27.0. The van der Waals surface area contributed by atoms with Crippen LogP contribution in [0.15, 0.2) is 194 Å². The van der Waals surface area contributed by atoms with E-state index in [0.29, 0.717) is 0 Å². The highest BCUT2D eigenvalue weighted by Gasteiger charge is 2.15.